The van der Waals surface area contributed by atoms with Crippen LogP contribution in [0.1, 0.15) is 47.3 Å². The fraction of sp³-hybridized carbons (Fsp3) is 0.318. The van der Waals surface area contributed by atoms with E-state index in [1.807, 2.05) is 42.2 Å². The van der Waals surface area contributed by atoms with Crippen molar-refractivity contribution in [3.63, 3.8) is 0 Å². The van der Waals surface area contributed by atoms with E-state index in [0.717, 1.165) is 24.1 Å². The van der Waals surface area contributed by atoms with Crippen LogP contribution in [-0.4, -0.2) is 35.8 Å². The van der Waals surface area contributed by atoms with Gasteiger partial charge in [-0.15, -0.1) is 0 Å². The molecule has 2 aromatic rings. The van der Waals surface area contributed by atoms with Gasteiger partial charge in [0, 0.05) is 19.5 Å². The van der Waals surface area contributed by atoms with Crippen molar-refractivity contribution in [2.45, 2.75) is 32.4 Å². The van der Waals surface area contributed by atoms with Gasteiger partial charge in [0.25, 0.3) is 5.91 Å². The highest BCUT2D eigenvalue weighted by atomic mass is 16.5. The highest BCUT2D eigenvalue weighted by Gasteiger charge is 2.20. The van der Waals surface area contributed by atoms with E-state index < -0.39 is 5.97 Å². The quantitative estimate of drug-likeness (QED) is 0.750. The van der Waals surface area contributed by atoms with Gasteiger partial charge in [0.2, 0.25) is 5.91 Å². The Morgan fingerprint density at radius 3 is 2.46 bits per heavy atom. The van der Waals surface area contributed by atoms with Gasteiger partial charge >= 0.3 is 5.97 Å². The largest absolute Gasteiger partial charge is 0.452 e. The number of esters is 1. The Kier molecular flexibility index (Phi) is 6.42. The monoisotopic (exact) mass is 380 g/mol. The second kappa shape index (κ2) is 9.17. The first-order valence-electron chi connectivity index (χ1n) is 9.41. The van der Waals surface area contributed by atoms with Crippen molar-refractivity contribution < 1.29 is 19.1 Å². The third-order valence-electron chi connectivity index (χ3n) is 4.75. The summed E-state index contributed by atoms with van der Waals surface area (Å²) in [4.78, 5) is 37.7. The minimum absolute atomic E-state index is 0.166. The van der Waals surface area contributed by atoms with E-state index in [-0.39, 0.29) is 24.5 Å². The molecule has 1 aliphatic heterocycles. The first-order chi connectivity index (χ1) is 13.5. The molecule has 146 valence electrons. The highest BCUT2D eigenvalue weighted by molar-refractivity contribution is 5.91. The number of hydrogen-bond acceptors (Lipinski definition) is 4. The Hall–Kier alpha value is -3.15. The summed E-state index contributed by atoms with van der Waals surface area (Å²) in [6, 6.07) is 16.3. The van der Waals surface area contributed by atoms with Crippen molar-refractivity contribution >= 4 is 17.8 Å². The summed E-state index contributed by atoms with van der Waals surface area (Å²) in [5, 5.41) is 2.80. The molecular weight excluding hydrogens is 356 g/mol. The lowest BCUT2D eigenvalue weighted by atomic mass is 10.1. The van der Waals surface area contributed by atoms with Crippen LogP contribution >= 0.6 is 0 Å². The number of hydrogen-bond donors (Lipinski definition) is 1. The number of ether oxygens (including phenoxy) is 1. The zero-order valence-electron chi connectivity index (χ0n) is 15.9. The molecule has 0 bridgehead atoms. The normalized spacial score (nSPS) is 14.6. The van der Waals surface area contributed by atoms with Crippen LogP contribution in [0.4, 0.5) is 0 Å². The molecule has 1 saturated heterocycles. The average molecular weight is 380 g/mol. The van der Waals surface area contributed by atoms with Crippen LogP contribution < -0.4 is 5.32 Å². The second-order valence-corrected chi connectivity index (χ2v) is 6.89. The number of amides is 2. The minimum atomic E-state index is -0.550. The van der Waals surface area contributed by atoms with Crippen molar-refractivity contribution in [3.8, 4) is 0 Å². The number of rotatable bonds is 7. The number of nitrogens with zero attached hydrogens (tertiary/aromatic N) is 1. The number of nitrogens with one attached hydrogen (secondary N) is 1. The second-order valence-electron chi connectivity index (χ2n) is 6.89. The molecule has 1 atom stereocenters. The predicted octanol–water partition coefficient (Wildman–Crippen LogP) is 2.84. The molecule has 2 amide bonds. The molecular formula is C22H24N2O4. The van der Waals surface area contributed by atoms with Gasteiger partial charge in [0.15, 0.2) is 6.61 Å². The highest BCUT2D eigenvalue weighted by Crippen LogP contribution is 2.15. The van der Waals surface area contributed by atoms with Crippen LogP contribution in [0, 0.1) is 0 Å². The van der Waals surface area contributed by atoms with Gasteiger partial charge in [-0.1, -0.05) is 42.5 Å². The van der Waals surface area contributed by atoms with Crippen LogP contribution in [0.3, 0.4) is 0 Å². The number of carbonyl (C=O) groups excluding carboxylic acids is 3. The smallest absolute Gasteiger partial charge is 0.338 e. The summed E-state index contributed by atoms with van der Waals surface area (Å²) >= 11 is 0. The third-order valence-corrected chi connectivity index (χ3v) is 4.75. The molecule has 1 aliphatic rings. The van der Waals surface area contributed by atoms with Crippen LogP contribution in [0.25, 0.3) is 0 Å². The summed E-state index contributed by atoms with van der Waals surface area (Å²) in [6.45, 7) is 2.87. The van der Waals surface area contributed by atoms with Crippen molar-refractivity contribution in [3.05, 3.63) is 71.3 Å². The zero-order chi connectivity index (χ0) is 19.9. The number of benzene rings is 2. The van der Waals surface area contributed by atoms with Crippen LogP contribution in [0.2, 0.25) is 0 Å². The summed E-state index contributed by atoms with van der Waals surface area (Å²) in [7, 11) is 0. The molecule has 3 rings (SSSR count). The van der Waals surface area contributed by atoms with Gasteiger partial charge in [0.05, 0.1) is 11.6 Å². The van der Waals surface area contributed by atoms with Gasteiger partial charge in [0.1, 0.15) is 0 Å². The van der Waals surface area contributed by atoms with E-state index in [1.54, 1.807) is 24.3 Å². The molecule has 0 spiro atoms. The summed E-state index contributed by atoms with van der Waals surface area (Å²) in [5.41, 5.74) is 2.32. The Bertz CT molecular complexity index is 833. The molecule has 0 aliphatic carbocycles. The lowest BCUT2D eigenvalue weighted by molar-refractivity contribution is -0.128. The molecule has 1 fully saturated rings. The Balaban J connectivity index is 1.46. The van der Waals surface area contributed by atoms with E-state index in [2.05, 4.69) is 5.32 Å². The maximum Gasteiger partial charge on any atom is 0.338 e. The SMILES string of the molecule is C[C@H](NC(=O)COC(=O)c1ccc(CN2CCCC2=O)cc1)c1ccccc1. The first kappa shape index (κ1) is 19.6. The van der Waals surface area contributed by atoms with E-state index in [4.69, 9.17) is 4.74 Å². The van der Waals surface area contributed by atoms with Crippen molar-refractivity contribution in [2.75, 3.05) is 13.2 Å². The topological polar surface area (TPSA) is 75.7 Å². The lowest BCUT2D eigenvalue weighted by Crippen LogP contribution is -2.31. The molecule has 6 nitrogen and oxygen atoms in total. The predicted molar refractivity (Wildman–Crippen MR) is 104 cm³/mol. The average Bonchev–Trinajstić information content (AvgIpc) is 3.12. The Morgan fingerprint density at radius 1 is 1.11 bits per heavy atom. The maximum atomic E-state index is 12.1. The Labute approximate surface area is 164 Å². The van der Waals surface area contributed by atoms with Crippen molar-refractivity contribution in [1.29, 1.82) is 0 Å². The molecule has 0 saturated carbocycles. The van der Waals surface area contributed by atoms with Gasteiger partial charge in [-0.25, -0.2) is 4.79 Å². The maximum absolute atomic E-state index is 12.1. The first-order valence-corrected chi connectivity index (χ1v) is 9.41. The summed E-state index contributed by atoms with van der Waals surface area (Å²) in [5.74, 6) is -0.737. The van der Waals surface area contributed by atoms with E-state index in [1.165, 1.54) is 0 Å². The van der Waals surface area contributed by atoms with Gasteiger partial charge in [-0.3, -0.25) is 9.59 Å². The fourth-order valence-electron chi connectivity index (χ4n) is 3.16. The third kappa shape index (κ3) is 5.19. The molecule has 28 heavy (non-hydrogen) atoms. The lowest BCUT2D eigenvalue weighted by Gasteiger charge is -2.15. The van der Waals surface area contributed by atoms with Gasteiger partial charge in [-0.2, -0.15) is 0 Å². The van der Waals surface area contributed by atoms with Crippen molar-refractivity contribution in [2.24, 2.45) is 0 Å². The Morgan fingerprint density at radius 2 is 1.82 bits per heavy atom. The van der Waals surface area contributed by atoms with E-state index in [0.29, 0.717) is 18.5 Å². The number of carbonyl (C=O) groups is 3. The molecule has 0 radical (unpaired) electrons. The summed E-state index contributed by atoms with van der Waals surface area (Å²) < 4.78 is 5.10. The molecule has 6 heteroatoms. The van der Waals surface area contributed by atoms with E-state index >= 15 is 0 Å². The van der Waals surface area contributed by atoms with Gasteiger partial charge in [-0.05, 0) is 36.6 Å². The fourth-order valence-corrected chi connectivity index (χ4v) is 3.16. The molecule has 1 heterocycles. The summed E-state index contributed by atoms with van der Waals surface area (Å²) in [6.07, 6.45) is 1.50. The molecule has 0 aromatic heterocycles. The van der Waals surface area contributed by atoms with Crippen LogP contribution in [-0.2, 0) is 20.9 Å². The number of likely N-dealkylation sites (tertiary alicyclic amines) is 1. The molecule has 1 N–H and O–H groups in total. The van der Waals surface area contributed by atoms with Crippen LogP contribution in [0.15, 0.2) is 54.6 Å². The van der Waals surface area contributed by atoms with Crippen molar-refractivity contribution in [1.82, 2.24) is 10.2 Å². The van der Waals surface area contributed by atoms with Gasteiger partial charge < -0.3 is 15.0 Å². The molecule has 0 unspecified atom stereocenters. The zero-order valence-corrected chi connectivity index (χ0v) is 15.9. The molecule has 2 aromatic carbocycles. The minimum Gasteiger partial charge on any atom is -0.452 e. The van der Waals surface area contributed by atoms with E-state index in [9.17, 15) is 14.4 Å². The standard InChI is InChI=1S/C22H24N2O4/c1-16(18-6-3-2-4-7-18)23-20(25)15-28-22(27)19-11-9-17(10-12-19)14-24-13-5-8-21(24)26/h2-4,6-7,9-12,16H,5,8,13-15H2,1H3,(H,23,25)/t16-/m0/s1. The van der Waals surface area contributed by atoms with Crippen LogP contribution in [0.5, 0.6) is 0 Å².